The van der Waals surface area contributed by atoms with Gasteiger partial charge in [0.15, 0.2) is 0 Å². The maximum atomic E-state index is 13.4. The van der Waals surface area contributed by atoms with Crippen LogP contribution in [0, 0.1) is 5.82 Å². The van der Waals surface area contributed by atoms with Crippen LogP contribution in [0.3, 0.4) is 0 Å². The Morgan fingerprint density at radius 2 is 2.04 bits per heavy atom. The van der Waals surface area contributed by atoms with Gasteiger partial charge in [0.2, 0.25) is 0 Å². The summed E-state index contributed by atoms with van der Waals surface area (Å²) in [5.41, 5.74) is 3.99. The molecule has 0 saturated carbocycles. The van der Waals surface area contributed by atoms with Gasteiger partial charge in [0, 0.05) is 42.8 Å². The summed E-state index contributed by atoms with van der Waals surface area (Å²) in [5.74, 6) is -0.248. The zero-order valence-corrected chi connectivity index (χ0v) is 15.8. The van der Waals surface area contributed by atoms with Gasteiger partial charge in [-0.2, -0.15) is 0 Å². The lowest BCUT2D eigenvalue weighted by molar-refractivity contribution is 0.0946. The number of fused-ring (bicyclic) bond motifs is 2. The Morgan fingerprint density at radius 1 is 1.25 bits per heavy atom. The van der Waals surface area contributed by atoms with E-state index in [-0.39, 0.29) is 24.9 Å². The van der Waals surface area contributed by atoms with Crippen LogP contribution >= 0.6 is 0 Å². The molecular formula is C22H23FN2O3. The summed E-state index contributed by atoms with van der Waals surface area (Å²) < 4.78 is 19.5. The highest BCUT2D eigenvalue weighted by atomic mass is 19.1. The number of hydrogen-bond donors (Lipinski definition) is 2. The molecule has 4 rings (SSSR count). The lowest BCUT2D eigenvalue weighted by Crippen LogP contribution is -2.26. The number of carbonyl (C=O) groups excluding carboxylic acids is 1. The third-order valence-corrected chi connectivity index (χ3v) is 5.22. The second-order valence-corrected chi connectivity index (χ2v) is 7.15. The maximum absolute atomic E-state index is 13.4. The van der Waals surface area contributed by atoms with Crippen molar-refractivity contribution in [2.75, 3.05) is 31.6 Å². The van der Waals surface area contributed by atoms with E-state index in [0.29, 0.717) is 22.5 Å². The number of benzene rings is 2. The number of aliphatic hydroxyl groups is 1. The van der Waals surface area contributed by atoms with Crippen molar-refractivity contribution in [3.05, 3.63) is 53.3 Å². The molecule has 5 nitrogen and oxygen atoms in total. The number of rotatable bonds is 4. The van der Waals surface area contributed by atoms with Crippen LogP contribution in [0.15, 0.2) is 40.8 Å². The second kappa shape index (κ2) is 7.64. The predicted molar refractivity (Wildman–Crippen MR) is 107 cm³/mol. The molecule has 3 aromatic rings. The molecule has 2 N–H and O–H groups in total. The Morgan fingerprint density at radius 3 is 2.79 bits per heavy atom. The highest BCUT2D eigenvalue weighted by molar-refractivity contribution is 6.11. The first-order valence-corrected chi connectivity index (χ1v) is 9.54. The molecule has 2 heterocycles. The number of aliphatic hydroxyl groups excluding tert-OH is 1. The van der Waals surface area contributed by atoms with Gasteiger partial charge in [-0.05, 0) is 55.2 Å². The smallest absolute Gasteiger partial charge is 0.255 e. The van der Waals surface area contributed by atoms with Crippen molar-refractivity contribution < 1.29 is 18.7 Å². The lowest BCUT2D eigenvalue weighted by atomic mass is 10.0. The number of hydrogen-bond acceptors (Lipinski definition) is 4. The number of halogens is 1. The van der Waals surface area contributed by atoms with Crippen LogP contribution in [0.2, 0.25) is 0 Å². The SMILES string of the molecule is CN1CCCCc2cc3c(C(=O)NCCO)c(-c4ccc(F)cc4)oc3cc21. The minimum atomic E-state index is -0.348. The summed E-state index contributed by atoms with van der Waals surface area (Å²) in [5, 5.41) is 12.5. The third kappa shape index (κ3) is 3.36. The van der Waals surface area contributed by atoms with E-state index in [0.717, 1.165) is 36.9 Å². The molecule has 0 spiro atoms. The first kappa shape index (κ1) is 18.5. The van der Waals surface area contributed by atoms with Crippen LogP contribution in [-0.2, 0) is 6.42 Å². The Labute approximate surface area is 162 Å². The molecule has 0 saturated heterocycles. The standard InChI is InChI=1S/C22H23FN2O3/c1-25-10-3-2-4-15-12-17-19(13-18(15)25)28-21(14-5-7-16(23)8-6-14)20(17)22(27)24-9-11-26/h5-8,12-13,26H,2-4,9-11H2,1H3,(H,24,27). The summed E-state index contributed by atoms with van der Waals surface area (Å²) in [6.07, 6.45) is 3.17. The number of carbonyl (C=O) groups is 1. The van der Waals surface area contributed by atoms with Crippen molar-refractivity contribution in [2.24, 2.45) is 0 Å². The van der Waals surface area contributed by atoms with E-state index in [4.69, 9.17) is 9.52 Å². The third-order valence-electron chi connectivity index (χ3n) is 5.22. The number of amides is 1. The normalized spacial score (nSPS) is 14.0. The van der Waals surface area contributed by atoms with Crippen LogP contribution in [0.5, 0.6) is 0 Å². The summed E-state index contributed by atoms with van der Waals surface area (Å²) in [4.78, 5) is 15.1. The molecule has 6 heteroatoms. The number of furan rings is 1. The number of aryl methyl sites for hydroxylation is 1. The molecule has 28 heavy (non-hydrogen) atoms. The molecule has 0 atom stereocenters. The minimum absolute atomic E-state index is 0.145. The van der Waals surface area contributed by atoms with Gasteiger partial charge in [-0.1, -0.05) is 0 Å². The van der Waals surface area contributed by atoms with Gasteiger partial charge < -0.3 is 19.7 Å². The first-order valence-electron chi connectivity index (χ1n) is 9.54. The maximum Gasteiger partial charge on any atom is 0.255 e. The topological polar surface area (TPSA) is 65.7 Å². The average Bonchev–Trinajstić information content (AvgIpc) is 2.97. The molecule has 1 aliphatic rings. The molecule has 0 radical (unpaired) electrons. The number of nitrogens with zero attached hydrogens (tertiary/aromatic N) is 1. The van der Waals surface area contributed by atoms with E-state index in [9.17, 15) is 9.18 Å². The van der Waals surface area contributed by atoms with Gasteiger partial charge in [0.1, 0.15) is 17.2 Å². The highest BCUT2D eigenvalue weighted by Crippen LogP contribution is 2.38. The van der Waals surface area contributed by atoms with Gasteiger partial charge in [-0.15, -0.1) is 0 Å². The van der Waals surface area contributed by atoms with E-state index in [1.807, 2.05) is 12.1 Å². The molecule has 0 unspecified atom stereocenters. The molecule has 0 aliphatic carbocycles. The zero-order valence-electron chi connectivity index (χ0n) is 15.8. The quantitative estimate of drug-likeness (QED) is 0.722. The summed E-state index contributed by atoms with van der Waals surface area (Å²) in [7, 11) is 2.06. The van der Waals surface area contributed by atoms with E-state index in [1.54, 1.807) is 12.1 Å². The van der Waals surface area contributed by atoms with Gasteiger partial charge in [0.05, 0.1) is 12.2 Å². The molecule has 2 aromatic carbocycles. The molecule has 1 amide bonds. The largest absolute Gasteiger partial charge is 0.455 e. The van der Waals surface area contributed by atoms with Gasteiger partial charge in [0.25, 0.3) is 5.91 Å². The van der Waals surface area contributed by atoms with Gasteiger partial charge in [-0.25, -0.2) is 4.39 Å². The fraction of sp³-hybridized carbons (Fsp3) is 0.318. The summed E-state index contributed by atoms with van der Waals surface area (Å²) in [6.45, 7) is 0.990. The second-order valence-electron chi connectivity index (χ2n) is 7.15. The van der Waals surface area contributed by atoms with Gasteiger partial charge >= 0.3 is 0 Å². The predicted octanol–water partition coefficient (Wildman–Crippen LogP) is 3.73. The van der Waals surface area contributed by atoms with Crippen LogP contribution in [-0.4, -0.2) is 37.8 Å². The summed E-state index contributed by atoms with van der Waals surface area (Å²) in [6, 6.07) is 9.93. The van der Waals surface area contributed by atoms with Crippen LogP contribution in [0.4, 0.5) is 10.1 Å². The molecule has 146 valence electrons. The van der Waals surface area contributed by atoms with Crippen molar-refractivity contribution in [3.63, 3.8) is 0 Å². The number of nitrogens with one attached hydrogen (secondary N) is 1. The fourth-order valence-electron chi connectivity index (χ4n) is 3.81. The van der Waals surface area contributed by atoms with Crippen LogP contribution in [0.25, 0.3) is 22.3 Å². The van der Waals surface area contributed by atoms with Crippen LogP contribution in [0.1, 0.15) is 28.8 Å². The monoisotopic (exact) mass is 382 g/mol. The number of anilines is 1. The lowest BCUT2D eigenvalue weighted by Gasteiger charge is -2.19. The van der Waals surface area contributed by atoms with E-state index >= 15 is 0 Å². The van der Waals surface area contributed by atoms with Crippen molar-refractivity contribution in [1.82, 2.24) is 5.32 Å². The molecule has 1 aromatic heterocycles. The Hall–Kier alpha value is -2.86. The minimum Gasteiger partial charge on any atom is -0.455 e. The zero-order chi connectivity index (χ0) is 19.7. The molecule has 0 bridgehead atoms. The molecule has 1 aliphatic heterocycles. The average molecular weight is 382 g/mol. The van der Waals surface area contributed by atoms with E-state index < -0.39 is 0 Å². The highest BCUT2D eigenvalue weighted by Gasteiger charge is 2.24. The van der Waals surface area contributed by atoms with Gasteiger partial charge in [-0.3, -0.25) is 4.79 Å². The Kier molecular flexibility index (Phi) is 5.05. The Balaban J connectivity index is 1.92. The van der Waals surface area contributed by atoms with Crippen molar-refractivity contribution in [3.8, 4) is 11.3 Å². The summed E-state index contributed by atoms with van der Waals surface area (Å²) >= 11 is 0. The van der Waals surface area contributed by atoms with E-state index in [2.05, 4.69) is 17.3 Å². The fourth-order valence-corrected chi connectivity index (χ4v) is 3.81. The first-order chi connectivity index (χ1) is 13.6. The molecular weight excluding hydrogens is 359 g/mol. The van der Waals surface area contributed by atoms with Crippen LogP contribution < -0.4 is 10.2 Å². The van der Waals surface area contributed by atoms with Crippen molar-refractivity contribution in [2.45, 2.75) is 19.3 Å². The molecule has 0 fully saturated rings. The van der Waals surface area contributed by atoms with Crippen molar-refractivity contribution >= 4 is 22.6 Å². The van der Waals surface area contributed by atoms with E-state index in [1.165, 1.54) is 17.7 Å². The Bertz CT molecular complexity index is 1010. The van der Waals surface area contributed by atoms with Crippen molar-refractivity contribution in [1.29, 1.82) is 0 Å².